The van der Waals surface area contributed by atoms with Crippen LogP contribution in [0.1, 0.15) is 5.56 Å². The maximum Gasteiger partial charge on any atom is 0.264 e. The molecule has 6 heteroatoms. The number of carbonyl (C=O) groups excluding carboxylic acids is 1. The largest absolute Gasteiger partial charge is 0.497 e. The fourth-order valence-corrected chi connectivity index (χ4v) is 2.84. The summed E-state index contributed by atoms with van der Waals surface area (Å²) in [6, 6.07) is 13.2. The number of thioether (sulfide) groups is 1. The minimum atomic E-state index is -0.323. The molecule has 0 bridgehead atoms. The molecule has 0 aromatic heterocycles. The standard InChI is InChI=1S/C17H13FN2O2S/c1-22-14-4-2-3-11(9-14)10-15-16(21)20-17(23-15)19-13-7-5-12(18)6-8-13/h2-10H,1H3,(H,19,20,21)/b15-10+. The quantitative estimate of drug-likeness (QED) is 0.874. The van der Waals surface area contributed by atoms with Gasteiger partial charge in [0.15, 0.2) is 5.17 Å². The summed E-state index contributed by atoms with van der Waals surface area (Å²) in [5, 5.41) is 3.16. The van der Waals surface area contributed by atoms with E-state index in [1.54, 1.807) is 25.3 Å². The van der Waals surface area contributed by atoms with Crippen LogP contribution in [0.4, 0.5) is 10.1 Å². The average molecular weight is 328 g/mol. The fraction of sp³-hybridized carbons (Fsp3) is 0.0588. The number of halogens is 1. The van der Waals surface area contributed by atoms with E-state index in [0.29, 0.717) is 15.8 Å². The molecule has 1 saturated heterocycles. The Balaban J connectivity index is 1.81. The first-order valence-electron chi connectivity index (χ1n) is 6.83. The molecule has 0 saturated carbocycles. The molecular formula is C17H13FN2O2S. The molecule has 1 heterocycles. The van der Waals surface area contributed by atoms with Gasteiger partial charge in [-0.25, -0.2) is 9.38 Å². The van der Waals surface area contributed by atoms with Crippen LogP contribution in [0.5, 0.6) is 5.75 Å². The lowest BCUT2D eigenvalue weighted by Crippen LogP contribution is -2.19. The number of hydrogen-bond acceptors (Lipinski definition) is 4. The predicted octanol–water partition coefficient (Wildman–Crippen LogP) is 3.73. The molecule has 4 nitrogen and oxygen atoms in total. The molecule has 2 aromatic carbocycles. The van der Waals surface area contributed by atoms with Gasteiger partial charge in [0.1, 0.15) is 11.6 Å². The highest BCUT2D eigenvalue weighted by Gasteiger charge is 2.23. The Morgan fingerprint density at radius 2 is 2.00 bits per heavy atom. The molecule has 0 unspecified atom stereocenters. The number of methoxy groups -OCH3 is 1. The van der Waals surface area contributed by atoms with Crippen LogP contribution in [0.15, 0.2) is 58.4 Å². The van der Waals surface area contributed by atoms with E-state index in [4.69, 9.17) is 4.74 Å². The van der Waals surface area contributed by atoms with Crippen molar-refractivity contribution in [2.24, 2.45) is 4.99 Å². The Hall–Kier alpha value is -2.60. The van der Waals surface area contributed by atoms with Gasteiger partial charge in [0.25, 0.3) is 5.91 Å². The first-order chi connectivity index (χ1) is 11.1. The van der Waals surface area contributed by atoms with Gasteiger partial charge in [0, 0.05) is 0 Å². The smallest absolute Gasteiger partial charge is 0.264 e. The van der Waals surface area contributed by atoms with Crippen LogP contribution >= 0.6 is 11.8 Å². The van der Waals surface area contributed by atoms with E-state index in [0.717, 1.165) is 11.3 Å². The zero-order valence-corrected chi connectivity index (χ0v) is 13.1. The van der Waals surface area contributed by atoms with Crippen molar-refractivity contribution < 1.29 is 13.9 Å². The normalized spacial score (nSPS) is 17.6. The molecule has 1 N–H and O–H groups in total. The molecule has 1 aliphatic heterocycles. The summed E-state index contributed by atoms with van der Waals surface area (Å²) in [4.78, 5) is 16.8. The Morgan fingerprint density at radius 1 is 1.22 bits per heavy atom. The van der Waals surface area contributed by atoms with Crippen molar-refractivity contribution in [2.45, 2.75) is 0 Å². The number of ether oxygens (including phenoxy) is 1. The number of aliphatic imine (C=N–C) groups is 1. The maximum absolute atomic E-state index is 12.9. The van der Waals surface area contributed by atoms with E-state index >= 15 is 0 Å². The maximum atomic E-state index is 12.9. The molecular weight excluding hydrogens is 315 g/mol. The highest BCUT2D eigenvalue weighted by atomic mass is 32.2. The Bertz CT molecular complexity index is 800. The van der Waals surface area contributed by atoms with Crippen LogP contribution in [0, 0.1) is 5.82 Å². The number of rotatable bonds is 3. The zero-order valence-electron chi connectivity index (χ0n) is 12.2. The van der Waals surface area contributed by atoms with Crippen molar-refractivity contribution in [3.05, 3.63) is 64.8 Å². The van der Waals surface area contributed by atoms with Crippen molar-refractivity contribution >= 4 is 34.6 Å². The number of amidine groups is 1. The third-order valence-electron chi connectivity index (χ3n) is 3.10. The fourth-order valence-electron chi connectivity index (χ4n) is 2.00. The van der Waals surface area contributed by atoms with E-state index in [9.17, 15) is 9.18 Å². The minimum Gasteiger partial charge on any atom is -0.497 e. The third kappa shape index (κ3) is 3.78. The number of carbonyl (C=O) groups is 1. The topological polar surface area (TPSA) is 50.7 Å². The van der Waals surface area contributed by atoms with Gasteiger partial charge < -0.3 is 10.1 Å². The van der Waals surface area contributed by atoms with Crippen molar-refractivity contribution in [3.63, 3.8) is 0 Å². The Labute approximate surface area is 137 Å². The molecule has 0 aliphatic carbocycles. The summed E-state index contributed by atoms with van der Waals surface area (Å²) in [5.41, 5.74) is 1.45. The van der Waals surface area contributed by atoms with Gasteiger partial charge >= 0.3 is 0 Å². The highest BCUT2D eigenvalue weighted by molar-refractivity contribution is 8.18. The number of nitrogens with zero attached hydrogens (tertiary/aromatic N) is 1. The van der Waals surface area contributed by atoms with Crippen LogP contribution in [0.25, 0.3) is 6.08 Å². The second-order valence-corrected chi connectivity index (χ2v) is 5.77. The molecule has 1 aliphatic rings. The zero-order chi connectivity index (χ0) is 16.2. The highest BCUT2D eigenvalue weighted by Crippen LogP contribution is 2.28. The molecule has 116 valence electrons. The van der Waals surface area contributed by atoms with Gasteiger partial charge in [-0.15, -0.1) is 0 Å². The number of hydrogen-bond donors (Lipinski definition) is 1. The molecule has 23 heavy (non-hydrogen) atoms. The average Bonchev–Trinajstić information content (AvgIpc) is 2.89. The molecule has 1 fully saturated rings. The van der Waals surface area contributed by atoms with Crippen molar-refractivity contribution in [1.82, 2.24) is 5.32 Å². The molecule has 0 atom stereocenters. The van der Waals surface area contributed by atoms with Gasteiger partial charge in [-0.3, -0.25) is 4.79 Å². The minimum absolute atomic E-state index is 0.210. The van der Waals surface area contributed by atoms with Crippen molar-refractivity contribution in [1.29, 1.82) is 0 Å². The monoisotopic (exact) mass is 328 g/mol. The second kappa shape index (κ2) is 6.66. The van der Waals surface area contributed by atoms with Gasteiger partial charge in [0.05, 0.1) is 17.7 Å². The Kier molecular flexibility index (Phi) is 4.43. The molecule has 0 spiro atoms. The summed E-state index contributed by atoms with van der Waals surface area (Å²) >= 11 is 1.24. The van der Waals surface area contributed by atoms with Crippen LogP contribution < -0.4 is 10.1 Å². The third-order valence-corrected chi connectivity index (χ3v) is 4.01. The SMILES string of the molecule is COc1cccc(/C=C2/SC(=Nc3ccc(F)cc3)NC2=O)c1. The number of benzene rings is 2. The summed E-state index contributed by atoms with van der Waals surface area (Å²) in [6.45, 7) is 0. The first kappa shape index (κ1) is 15.3. The van der Waals surface area contributed by atoms with Gasteiger partial charge in [-0.2, -0.15) is 0 Å². The van der Waals surface area contributed by atoms with Crippen LogP contribution in [0.3, 0.4) is 0 Å². The van der Waals surface area contributed by atoms with Gasteiger partial charge in [0.2, 0.25) is 0 Å². The lowest BCUT2D eigenvalue weighted by molar-refractivity contribution is -0.115. The van der Waals surface area contributed by atoms with Gasteiger partial charge in [-0.1, -0.05) is 12.1 Å². The van der Waals surface area contributed by atoms with Crippen molar-refractivity contribution in [3.8, 4) is 5.75 Å². The summed E-state index contributed by atoms with van der Waals surface area (Å²) < 4.78 is 18.1. The second-order valence-electron chi connectivity index (χ2n) is 4.73. The van der Waals surface area contributed by atoms with E-state index in [1.807, 2.05) is 24.3 Å². The summed E-state index contributed by atoms with van der Waals surface area (Å²) in [6.07, 6.45) is 1.77. The van der Waals surface area contributed by atoms with Crippen LogP contribution in [0.2, 0.25) is 0 Å². The Morgan fingerprint density at radius 3 is 2.74 bits per heavy atom. The van der Waals surface area contributed by atoms with Crippen LogP contribution in [-0.4, -0.2) is 18.2 Å². The van der Waals surface area contributed by atoms with E-state index in [1.165, 1.54) is 23.9 Å². The molecule has 1 amide bonds. The molecule has 2 aromatic rings. The summed E-state index contributed by atoms with van der Waals surface area (Å²) in [5.74, 6) is 0.192. The van der Waals surface area contributed by atoms with Crippen LogP contribution in [-0.2, 0) is 4.79 Å². The molecule has 0 radical (unpaired) electrons. The van der Waals surface area contributed by atoms with E-state index in [-0.39, 0.29) is 11.7 Å². The lowest BCUT2D eigenvalue weighted by Gasteiger charge is -2.00. The number of amides is 1. The predicted molar refractivity (Wildman–Crippen MR) is 90.2 cm³/mol. The summed E-state index contributed by atoms with van der Waals surface area (Å²) in [7, 11) is 1.59. The van der Waals surface area contributed by atoms with Gasteiger partial charge in [-0.05, 0) is 59.8 Å². The van der Waals surface area contributed by atoms with Crippen molar-refractivity contribution in [2.75, 3.05) is 7.11 Å². The van der Waals surface area contributed by atoms with E-state index < -0.39 is 0 Å². The van der Waals surface area contributed by atoms with E-state index in [2.05, 4.69) is 10.3 Å². The molecule has 3 rings (SSSR count). The first-order valence-corrected chi connectivity index (χ1v) is 7.65. The lowest BCUT2D eigenvalue weighted by atomic mass is 10.2. The number of nitrogens with one attached hydrogen (secondary N) is 1.